The summed E-state index contributed by atoms with van der Waals surface area (Å²) in [5, 5.41) is 12.8. The molecule has 1 aromatic heterocycles. The maximum atomic E-state index is 11.6. The molecule has 0 amide bonds. The van der Waals surface area contributed by atoms with Gasteiger partial charge in [0, 0.05) is 6.07 Å². The number of carbonyl (C=O) groups is 1. The molecule has 0 fully saturated rings. The van der Waals surface area contributed by atoms with E-state index in [2.05, 4.69) is 5.10 Å². The number of fused-ring (bicyclic) bond motifs is 1. The summed E-state index contributed by atoms with van der Waals surface area (Å²) >= 11 is 0. The number of nitrogens with zero attached hydrogens (tertiary/aromatic N) is 2. The van der Waals surface area contributed by atoms with Crippen LogP contribution >= 0.6 is 0 Å². The Morgan fingerprint density at radius 3 is 2.94 bits per heavy atom. The van der Waals surface area contributed by atoms with E-state index in [1.54, 1.807) is 6.07 Å². The molecule has 5 nitrogen and oxygen atoms in total. The molecule has 0 spiro atoms. The van der Waals surface area contributed by atoms with Gasteiger partial charge in [-0.15, -0.1) is 0 Å². The predicted octanol–water partition coefficient (Wildman–Crippen LogP) is 0.597. The summed E-state index contributed by atoms with van der Waals surface area (Å²) in [6.45, 7) is 0.154. The van der Waals surface area contributed by atoms with E-state index in [-0.39, 0.29) is 18.5 Å². The third-order valence-corrected chi connectivity index (χ3v) is 2.81. The van der Waals surface area contributed by atoms with E-state index in [1.807, 2.05) is 0 Å². The lowest BCUT2D eigenvalue weighted by Gasteiger charge is -2.15. The zero-order chi connectivity index (χ0) is 11.5. The van der Waals surface area contributed by atoms with Gasteiger partial charge in [-0.1, -0.05) is 0 Å². The summed E-state index contributed by atoms with van der Waals surface area (Å²) in [4.78, 5) is 22.0. The zero-order valence-electron chi connectivity index (χ0n) is 8.98. The van der Waals surface area contributed by atoms with Crippen molar-refractivity contribution in [3.05, 3.63) is 27.7 Å². The van der Waals surface area contributed by atoms with E-state index >= 15 is 0 Å². The SMILES string of the molecule is O=C(O)CCn1nc2c(cc1=O)CCCC2. The molecule has 1 N–H and O–H groups in total. The summed E-state index contributed by atoms with van der Waals surface area (Å²) in [6.07, 6.45) is 3.94. The fourth-order valence-corrected chi connectivity index (χ4v) is 1.96. The molecule has 1 heterocycles. The molecular formula is C11H14N2O3. The second-order valence-corrected chi connectivity index (χ2v) is 4.03. The van der Waals surface area contributed by atoms with E-state index in [1.165, 1.54) is 4.68 Å². The predicted molar refractivity (Wildman–Crippen MR) is 57.4 cm³/mol. The van der Waals surface area contributed by atoms with Crippen molar-refractivity contribution in [2.75, 3.05) is 0 Å². The van der Waals surface area contributed by atoms with Crippen LogP contribution in [0, 0.1) is 0 Å². The van der Waals surface area contributed by atoms with E-state index in [4.69, 9.17) is 5.11 Å². The monoisotopic (exact) mass is 222 g/mol. The van der Waals surface area contributed by atoms with E-state index in [9.17, 15) is 9.59 Å². The molecule has 0 saturated carbocycles. The average molecular weight is 222 g/mol. The molecular weight excluding hydrogens is 208 g/mol. The minimum Gasteiger partial charge on any atom is -0.481 e. The Bertz CT molecular complexity index is 465. The molecule has 0 radical (unpaired) electrons. The Kier molecular flexibility index (Phi) is 3.03. The van der Waals surface area contributed by atoms with Crippen LogP contribution in [-0.2, 0) is 24.2 Å². The largest absolute Gasteiger partial charge is 0.481 e. The average Bonchev–Trinajstić information content (AvgIpc) is 2.26. The Hall–Kier alpha value is -1.65. The van der Waals surface area contributed by atoms with Gasteiger partial charge in [-0.05, 0) is 31.2 Å². The number of hydrogen-bond acceptors (Lipinski definition) is 3. The standard InChI is InChI=1S/C11H14N2O3/c14-10-7-8-3-1-2-4-9(8)12-13(10)6-5-11(15)16/h7H,1-6H2,(H,15,16). The topological polar surface area (TPSA) is 72.2 Å². The van der Waals surface area contributed by atoms with Crippen LogP contribution in [-0.4, -0.2) is 20.9 Å². The Morgan fingerprint density at radius 1 is 1.44 bits per heavy atom. The molecule has 16 heavy (non-hydrogen) atoms. The van der Waals surface area contributed by atoms with Crippen LogP contribution in [0.25, 0.3) is 0 Å². The van der Waals surface area contributed by atoms with Crippen molar-refractivity contribution in [2.45, 2.75) is 38.6 Å². The smallest absolute Gasteiger partial charge is 0.305 e. The van der Waals surface area contributed by atoms with Gasteiger partial charge < -0.3 is 5.11 Å². The van der Waals surface area contributed by atoms with Crippen LogP contribution in [0.3, 0.4) is 0 Å². The Morgan fingerprint density at radius 2 is 2.19 bits per heavy atom. The van der Waals surface area contributed by atoms with Crippen molar-refractivity contribution in [3.63, 3.8) is 0 Å². The molecule has 5 heteroatoms. The van der Waals surface area contributed by atoms with Crippen LogP contribution in [0.2, 0.25) is 0 Å². The summed E-state index contributed by atoms with van der Waals surface area (Å²) in [6, 6.07) is 1.60. The van der Waals surface area contributed by atoms with E-state index < -0.39 is 5.97 Å². The summed E-state index contributed by atoms with van der Waals surface area (Å²) < 4.78 is 1.26. The van der Waals surface area contributed by atoms with Crippen molar-refractivity contribution in [1.82, 2.24) is 9.78 Å². The Labute approximate surface area is 92.7 Å². The highest BCUT2D eigenvalue weighted by atomic mass is 16.4. The molecule has 0 atom stereocenters. The van der Waals surface area contributed by atoms with Gasteiger partial charge in [0.05, 0.1) is 18.7 Å². The quantitative estimate of drug-likeness (QED) is 0.812. The zero-order valence-corrected chi connectivity index (χ0v) is 8.98. The lowest BCUT2D eigenvalue weighted by atomic mass is 9.97. The van der Waals surface area contributed by atoms with Crippen LogP contribution in [0.5, 0.6) is 0 Å². The van der Waals surface area contributed by atoms with E-state index in [0.29, 0.717) is 0 Å². The van der Waals surface area contributed by atoms with Crippen LogP contribution in [0.15, 0.2) is 10.9 Å². The number of carboxylic acids is 1. The highest BCUT2D eigenvalue weighted by Gasteiger charge is 2.13. The van der Waals surface area contributed by atoms with Crippen molar-refractivity contribution >= 4 is 5.97 Å². The molecule has 1 aliphatic carbocycles. The molecule has 0 aliphatic heterocycles. The van der Waals surface area contributed by atoms with Crippen LogP contribution in [0.1, 0.15) is 30.5 Å². The lowest BCUT2D eigenvalue weighted by molar-refractivity contribution is -0.137. The van der Waals surface area contributed by atoms with Gasteiger partial charge in [0.1, 0.15) is 0 Å². The third kappa shape index (κ3) is 2.29. The van der Waals surface area contributed by atoms with Crippen LogP contribution < -0.4 is 5.56 Å². The molecule has 0 unspecified atom stereocenters. The van der Waals surface area contributed by atoms with Gasteiger partial charge in [0.2, 0.25) is 0 Å². The minimum atomic E-state index is -0.911. The molecule has 1 aromatic rings. The molecule has 2 rings (SSSR count). The first-order chi connectivity index (χ1) is 7.66. The molecule has 0 bridgehead atoms. The van der Waals surface area contributed by atoms with Gasteiger partial charge in [0.15, 0.2) is 0 Å². The fraction of sp³-hybridized carbons (Fsp3) is 0.545. The number of aromatic nitrogens is 2. The normalized spacial score (nSPS) is 14.5. The molecule has 0 aromatic carbocycles. The number of aliphatic carboxylic acids is 1. The second-order valence-electron chi connectivity index (χ2n) is 4.03. The third-order valence-electron chi connectivity index (χ3n) is 2.81. The maximum absolute atomic E-state index is 11.6. The highest BCUT2D eigenvalue weighted by molar-refractivity contribution is 5.66. The molecule has 86 valence electrons. The van der Waals surface area contributed by atoms with Crippen molar-refractivity contribution in [1.29, 1.82) is 0 Å². The number of rotatable bonds is 3. The fourth-order valence-electron chi connectivity index (χ4n) is 1.96. The van der Waals surface area contributed by atoms with Gasteiger partial charge in [-0.3, -0.25) is 9.59 Å². The van der Waals surface area contributed by atoms with Gasteiger partial charge in [-0.2, -0.15) is 5.10 Å². The number of hydrogen-bond donors (Lipinski definition) is 1. The molecule has 1 aliphatic rings. The van der Waals surface area contributed by atoms with Crippen molar-refractivity contribution < 1.29 is 9.90 Å². The first-order valence-corrected chi connectivity index (χ1v) is 5.48. The lowest BCUT2D eigenvalue weighted by Crippen LogP contribution is -2.27. The minimum absolute atomic E-state index is 0.0638. The van der Waals surface area contributed by atoms with E-state index in [0.717, 1.165) is 36.9 Å². The van der Waals surface area contributed by atoms with Crippen LogP contribution in [0.4, 0.5) is 0 Å². The van der Waals surface area contributed by atoms with Crippen molar-refractivity contribution in [3.8, 4) is 0 Å². The second kappa shape index (κ2) is 4.47. The van der Waals surface area contributed by atoms with Crippen molar-refractivity contribution in [2.24, 2.45) is 0 Å². The summed E-state index contributed by atoms with van der Waals surface area (Å²) in [5.41, 5.74) is 1.79. The van der Waals surface area contributed by atoms with Gasteiger partial charge in [-0.25, -0.2) is 4.68 Å². The first kappa shape index (κ1) is 10.9. The number of carboxylic acid groups (broad SMARTS) is 1. The molecule has 0 saturated heterocycles. The first-order valence-electron chi connectivity index (χ1n) is 5.48. The summed E-state index contributed by atoms with van der Waals surface area (Å²) in [5.74, 6) is -0.911. The Balaban J connectivity index is 2.25. The highest BCUT2D eigenvalue weighted by Crippen LogP contribution is 2.16. The number of aryl methyl sites for hydroxylation is 3. The summed E-state index contributed by atoms with van der Waals surface area (Å²) in [7, 11) is 0. The van der Waals surface area contributed by atoms with Gasteiger partial charge >= 0.3 is 5.97 Å². The maximum Gasteiger partial charge on any atom is 0.305 e. The van der Waals surface area contributed by atoms with Gasteiger partial charge in [0.25, 0.3) is 5.56 Å².